The van der Waals surface area contributed by atoms with E-state index in [9.17, 15) is 34.0 Å². The molecule has 2 saturated carbocycles. The molecule has 0 saturated heterocycles. The average molecular weight is 917 g/mol. The van der Waals surface area contributed by atoms with E-state index in [2.05, 4.69) is 11.8 Å². The molecule has 0 spiro atoms. The first-order chi connectivity index (χ1) is 30.6. The Balaban J connectivity index is 1.03. The van der Waals surface area contributed by atoms with Gasteiger partial charge >= 0.3 is 35.8 Å². The maximum absolute atomic E-state index is 13.5. The minimum atomic E-state index is -0.576. The second kappa shape index (κ2) is 23.6. The summed E-state index contributed by atoms with van der Waals surface area (Å²) >= 11 is 2.29. The van der Waals surface area contributed by atoms with Gasteiger partial charge < -0.3 is 28.4 Å². The highest BCUT2D eigenvalue weighted by Crippen LogP contribution is 2.59. The highest BCUT2D eigenvalue weighted by atomic mass is 32.2. The molecule has 2 aromatic carbocycles. The quantitative estimate of drug-likeness (QED) is 0.0452. The predicted octanol–water partition coefficient (Wildman–Crippen LogP) is 9.57. The van der Waals surface area contributed by atoms with E-state index in [1.807, 2.05) is 26.8 Å². The number of nitrogens with zero attached hydrogens (tertiary/aromatic N) is 2. The van der Waals surface area contributed by atoms with Crippen molar-refractivity contribution in [1.82, 2.24) is 0 Å². The van der Waals surface area contributed by atoms with Crippen LogP contribution in [0.1, 0.15) is 111 Å². The van der Waals surface area contributed by atoms with Crippen molar-refractivity contribution < 1.29 is 57.2 Å². The largest absolute Gasteiger partial charge is 0.465 e. The summed E-state index contributed by atoms with van der Waals surface area (Å²) in [5, 5.41) is 9.55. The third-order valence-electron chi connectivity index (χ3n) is 11.6. The number of benzene rings is 2. The van der Waals surface area contributed by atoms with E-state index in [4.69, 9.17) is 35.0 Å². The van der Waals surface area contributed by atoms with Crippen molar-refractivity contribution in [2.75, 3.05) is 19.8 Å². The number of esters is 6. The molecule has 342 valence electrons. The molecule has 2 aliphatic carbocycles. The second-order valence-corrected chi connectivity index (χ2v) is 19.7. The first-order valence-electron chi connectivity index (χ1n) is 21.9. The zero-order valence-corrected chi connectivity index (χ0v) is 38.7. The normalized spacial score (nSPS) is 20.5. The van der Waals surface area contributed by atoms with Crippen molar-refractivity contribution in [3.05, 3.63) is 63.3 Å². The van der Waals surface area contributed by atoms with E-state index in [-0.39, 0.29) is 67.9 Å². The van der Waals surface area contributed by atoms with E-state index >= 15 is 0 Å². The Bertz CT molecular complexity index is 2140. The van der Waals surface area contributed by atoms with Gasteiger partial charge in [-0.15, -0.1) is 0 Å². The lowest BCUT2D eigenvalue weighted by Crippen LogP contribution is -2.30. The summed E-state index contributed by atoms with van der Waals surface area (Å²) in [5.74, 6) is -2.35. The number of nitriles is 1. The Kier molecular flexibility index (Phi) is 18.3. The number of allylic oxidation sites excluding steroid dienone is 1. The molecule has 3 aliphatic rings. The van der Waals surface area contributed by atoms with Crippen LogP contribution in [-0.2, 0) is 49.4 Å². The molecule has 0 bridgehead atoms. The Morgan fingerprint density at radius 3 is 1.73 bits per heavy atom. The molecular weight excluding hydrogens is 861 g/mol. The van der Waals surface area contributed by atoms with Crippen molar-refractivity contribution in [2.24, 2.45) is 35.0 Å². The second-order valence-electron chi connectivity index (χ2n) is 17.4. The molecule has 0 radical (unpaired) electrons. The summed E-state index contributed by atoms with van der Waals surface area (Å²) in [6.45, 7) is 17.2. The highest BCUT2D eigenvalue weighted by molar-refractivity contribution is 8.24. The molecule has 1 atom stereocenters. The van der Waals surface area contributed by atoms with Crippen LogP contribution in [0, 0.1) is 52.9 Å². The lowest BCUT2D eigenvalue weighted by atomic mass is 9.82. The highest BCUT2D eigenvalue weighted by Gasteiger charge is 2.35. The van der Waals surface area contributed by atoms with E-state index in [0.717, 1.165) is 54.8 Å². The van der Waals surface area contributed by atoms with Crippen molar-refractivity contribution in [1.29, 1.82) is 5.26 Å². The molecule has 1 unspecified atom stereocenters. The first-order valence-corrected chi connectivity index (χ1v) is 23.5. The SMILES string of the molecule is [C-]#[N+]/C(C#N)=C1/Sc2c(OC(=O)C3CCC(C)CC3)ccc(OC(=O)C3CCC(C(=O)Oc4ccc(CCOC(=O)CCC(=O)OCC(C)(C)COC(=O)C(C)CC)cc4)CC3)c2S1. The van der Waals surface area contributed by atoms with Crippen LogP contribution in [0.2, 0.25) is 0 Å². The van der Waals surface area contributed by atoms with Crippen LogP contribution in [0.3, 0.4) is 0 Å². The van der Waals surface area contributed by atoms with Gasteiger partial charge in [0.15, 0.2) is 0 Å². The molecule has 2 aromatic rings. The number of hydrogen-bond donors (Lipinski definition) is 0. The summed E-state index contributed by atoms with van der Waals surface area (Å²) in [6, 6.07) is 11.9. The third kappa shape index (κ3) is 14.3. The van der Waals surface area contributed by atoms with Gasteiger partial charge in [-0.25, -0.2) is 10.1 Å². The van der Waals surface area contributed by atoms with E-state index in [0.29, 0.717) is 70.0 Å². The van der Waals surface area contributed by atoms with Crippen LogP contribution in [0.15, 0.2) is 56.1 Å². The number of fused-ring (bicyclic) bond motifs is 1. The Morgan fingerprint density at radius 2 is 1.23 bits per heavy atom. The number of thioether (sulfide) groups is 2. The lowest BCUT2D eigenvalue weighted by Gasteiger charge is -2.26. The molecule has 2 fully saturated rings. The monoisotopic (exact) mass is 916 g/mol. The smallest absolute Gasteiger partial charge is 0.314 e. The van der Waals surface area contributed by atoms with Crippen LogP contribution in [0.5, 0.6) is 17.2 Å². The fraction of sp³-hybridized carbons (Fsp3) is 0.542. The maximum Gasteiger partial charge on any atom is 0.314 e. The zero-order valence-electron chi connectivity index (χ0n) is 37.1. The van der Waals surface area contributed by atoms with Gasteiger partial charge in [-0.2, -0.15) is 0 Å². The van der Waals surface area contributed by atoms with Crippen LogP contribution < -0.4 is 14.2 Å². The minimum absolute atomic E-state index is 0.0384. The number of rotatable bonds is 18. The summed E-state index contributed by atoms with van der Waals surface area (Å²) in [6.07, 6.45) is 5.90. The van der Waals surface area contributed by atoms with E-state index in [1.54, 1.807) is 43.3 Å². The van der Waals surface area contributed by atoms with Crippen LogP contribution >= 0.6 is 23.5 Å². The topological polar surface area (TPSA) is 186 Å². The van der Waals surface area contributed by atoms with E-state index in [1.165, 1.54) is 0 Å². The standard InChI is InChI=1S/C48H56N2O12S2/c1-7-30(3)43(53)59-28-48(4,5)27-58-40(52)23-22-39(51)57-25-24-31-10-18-35(19-11-31)60-44(54)33-14-16-34(17-15-33)46(56)62-38-21-20-37(61-45(55)32-12-8-29(2)9-13-32)41-42(38)64-47(63-41)36(26-49)50-6/h10-11,18-21,29-30,32-34H,7-9,12-17,22-25,27-28H2,1-5H3/b47-36-. The Hall–Kier alpha value is -5.32. The Morgan fingerprint density at radius 1 is 0.750 bits per heavy atom. The van der Waals surface area contributed by atoms with Crippen molar-refractivity contribution >= 4 is 59.3 Å². The molecular formula is C48H56N2O12S2. The van der Waals surface area contributed by atoms with Gasteiger partial charge in [0, 0.05) is 11.8 Å². The molecule has 0 amide bonds. The van der Waals surface area contributed by atoms with Gasteiger partial charge in [0.2, 0.25) is 0 Å². The van der Waals surface area contributed by atoms with E-state index < -0.39 is 41.1 Å². The fourth-order valence-electron chi connectivity index (χ4n) is 7.19. The zero-order chi connectivity index (χ0) is 46.4. The maximum atomic E-state index is 13.5. The van der Waals surface area contributed by atoms with Crippen LogP contribution in [0.4, 0.5) is 0 Å². The molecule has 1 aliphatic heterocycles. The summed E-state index contributed by atoms with van der Waals surface area (Å²) in [4.78, 5) is 80.5. The fourth-order valence-corrected chi connectivity index (χ4v) is 9.66. The molecule has 0 N–H and O–H groups in total. The van der Waals surface area contributed by atoms with Crippen LogP contribution in [-0.4, -0.2) is 55.6 Å². The summed E-state index contributed by atoms with van der Waals surface area (Å²) in [7, 11) is 0. The predicted molar refractivity (Wildman–Crippen MR) is 236 cm³/mol. The van der Waals surface area contributed by atoms with Crippen molar-refractivity contribution in [3.8, 4) is 23.3 Å². The Labute approximate surface area is 383 Å². The molecule has 14 nitrogen and oxygen atoms in total. The summed E-state index contributed by atoms with van der Waals surface area (Å²) < 4.78 is 33.8. The number of hydrogen-bond acceptors (Lipinski definition) is 15. The molecule has 64 heavy (non-hydrogen) atoms. The molecule has 0 aromatic heterocycles. The van der Waals surface area contributed by atoms with Crippen molar-refractivity contribution in [2.45, 2.75) is 121 Å². The van der Waals surface area contributed by atoms with Gasteiger partial charge in [-0.1, -0.05) is 70.3 Å². The first kappa shape index (κ1) is 49.7. The minimum Gasteiger partial charge on any atom is -0.465 e. The van der Waals surface area contributed by atoms with Gasteiger partial charge in [-0.3, -0.25) is 28.8 Å². The summed E-state index contributed by atoms with van der Waals surface area (Å²) in [5.41, 5.74) is 0.166. The van der Waals surface area contributed by atoms with Gasteiger partial charge in [-0.05, 0) is 93.5 Å². The van der Waals surface area contributed by atoms with Gasteiger partial charge in [0.25, 0.3) is 5.70 Å². The number of ether oxygens (including phenoxy) is 6. The molecule has 1 heterocycles. The molecule has 16 heteroatoms. The average Bonchev–Trinajstić information content (AvgIpc) is 3.74. The van der Waals surface area contributed by atoms with Gasteiger partial charge in [0.05, 0.1) is 83.0 Å². The van der Waals surface area contributed by atoms with Crippen molar-refractivity contribution in [3.63, 3.8) is 0 Å². The van der Waals surface area contributed by atoms with Gasteiger partial charge in [0.1, 0.15) is 17.2 Å². The third-order valence-corrected chi connectivity index (χ3v) is 14.2. The number of carbonyl (C=O) groups is 6. The molecule has 5 rings (SSSR count). The van der Waals surface area contributed by atoms with Crippen LogP contribution in [0.25, 0.3) is 4.85 Å². The number of carbonyl (C=O) groups excluding carboxylic acids is 6. The lowest BCUT2D eigenvalue weighted by molar-refractivity contribution is -0.157.